The lowest BCUT2D eigenvalue weighted by molar-refractivity contribution is -0.334. The summed E-state index contributed by atoms with van der Waals surface area (Å²) in [7, 11) is 0. The van der Waals surface area contributed by atoms with Gasteiger partial charge in [-0.2, -0.15) is 0 Å². The van der Waals surface area contributed by atoms with E-state index in [0.717, 1.165) is 0 Å². The Bertz CT molecular complexity index is 977. The molecule has 0 spiro atoms. The summed E-state index contributed by atoms with van der Waals surface area (Å²) < 4.78 is 5.03. The molecule has 32 heavy (non-hydrogen) atoms. The molecule has 2 aromatic rings. The molecule has 0 bridgehead atoms. The first kappa shape index (κ1) is 21.9. The van der Waals surface area contributed by atoms with Crippen LogP contribution in [0.4, 0.5) is 4.79 Å². The Balaban J connectivity index is 1.69. The van der Waals surface area contributed by atoms with Gasteiger partial charge in [-0.1, -0.05) is 60.7 Å². The van der Waals surface area contributed by atoms with Crippen molar-refractivity contribution < 1.29 is 44.4 Å². The number of amides is 3. The normalized spacial score (nSPS) is 29.6. The molecular formula is C21H20N2O9. The molecule has 2 fully saturated rings. The third-order valence-electron chi connectivity index (χ3n) is 5.42. The molecule has 11 nitrogen and oxygen atoms in total. The van der Waals surface area contributed by atoms with E-state index >= 15 is 0 Å². The van der Waals surface area contributed by atoms with Crippen LogP contribution in [-0.2, 0) is 24.7 Å². The van der Waals surface area contributed by atoms with Crippen LogP contribution in [0.5, 0.6) is 0 Å². The second-order valence-electron chi connectivity index (χ2n) is 7.35. The third-order valence-corrected chi connectivity index (χ3v) is 5.42. The topological polar surface area (TPSA) is 166 Å². The SMILES string of the molecule is O=C(O)[C@H]1OC(ON2C(=O)NC(c3ccccc3)(c3ccccc3)C2=O)[C@H](O)[C@@H](O)[C@@H]1O. The van der Waals surface area contributed by atoms with Crippen molar-refractivity contribution in [2.24, 2.45) is 0 Å². The van der Waals surface area contributed by atoms with Gasteiger partial charge in [0.15, 0.2) is 11.6 Å². The van der Waals surface area contributed by atoms with Crippen LogP contribution in [0.2, 0.25) is 0 Å². The van der Waals surface area contributed by atoms with Gasteiger partial charge in [-0.15, -0.1) is 5.06 Å². The highest BCUT2D eigenvalue weighted by Gasteiger charge is 2.57. The highest BCUT2D eigenvalue weighted by Crippen LogP contribution is 2.37. The van der Waals surface area contributed by atoms with Crippen molar-refractivity contribution >= 4 is 17.9 Å². The summed E-state index contributed by atoms with van der Waals surface area (Å²) in [6, 6.07) is 15.8. The summed E-state index contributed by atoms with van der Waals surface area (Å²) in [4.78, 5) is 42.9. The van der Waals surface area contributed by atoms with E-state index in [-0.39, 0.29) is 0 Å². The first-order valence-electron chi connectivity index (χ1n) is 9.64. The number of urea groups is 1. The smallest absolute Gasteiger partial charge is 0.350 e. The zero-order valence-corrected chi connectivity index (χ0v) is 16.4. The molecule has 5 N–H and O–H groups in total. The average Bonchev–Trinajstić information content (AvgIpc) is 3.05. The number of nitrogens with zero attached hydrogens (tertiary/aromatic N) is 1. The van der Waals surface area contributed by atoms with Gasteiger partial charge in [0.05, 0.1) is 0 Å². The average molecular weight is 444 g/mol. The van der Waals surface area contributed by atoms with E-state index in [2.05, 4.69) is 5.32 Å². The number of aliphatic hydroxyl groups is 3. The molecule has 0 radical (unpaired) electrons. The number of carbonyl (C=O) groups excluding carboxylic acids is 2. The number of rotatable bonds is 5. The molecule has 2 saturated heterocycles. The van der Waals surface area contributed by atoms with Gasteiger partial charge in [-0.3, -0.25) is 4.79 Å². The van der Waals surface area contributed by atoms with Crippen LogP contribution in [0.1, 0.15) is 11.1 Å². The number of carboxylic acids is 1. The van der Waals surface area contributed by atoms with E-state index in [1.807, 2.05) is 0 Å². The number of ether oxygens (including phenoxy) is 1. The van der Waals surface area contributed by atoms with E-state index in [4.69, 9.17) is 9.57 Å². The van der Waals surface area contributed by atoms with Gasteiger partial charge in [0.25, 0.3) is 5.91 Å². The van der Waals surface area contributed by atoms with Gasteiger partial charge >= 0.3 is 12.0 Å². The molecule has 5 atom stereocenters. The molecule has 0 saturated carbocycles. The van der Waals surface area contributed by atoms with Crippen LogP contribution in [0.15, 0.2) is 60.7 Å². The number of hydrogen-bond acceptors (Lipinski definition) is 8. The largest absolute Gasteiger partial charge is 0.479 e. The van der Waals surface area contributed by atoms with Crippen LogP contribution in [0.25, 0.3) is 0 Å². The second-order valence-corrected chi connectivity index (χ2v) is 7.35. The van der Waals surface area contributed by atoms with Crippen molar-refractivity contribution in [1.29, 1.82) is 0 Å². The summed E-state index contributed by atoms with van der Waals surface area (Å²) in [6.07, 6.45) is -9.72. The van der Waals surface area contributed by atoms with Crippen molar-refractivity contribution in [3.8, 4) is 0 Å². The lowest BCUT2D eigenvalue weighted by Crippen LogP contribution is -2.61. The summed E-state index contributed by atoms with van der Waals surface area (Å²) >= 11 is 0. The Labute approximate surface area is 181 Å². The van der Waals surface area contributed by atoms with Gasteiger partial charge in [0, 0.05) is 0 Å². The number of nitrogens with one attached hydrogen (secondary N) is 1. The number of aliphatic carboxylic acids is 1. The first-order chi connectivity index (χ1) is 15.3. The Morgan fingerprint density at radius 2 is 1.44 bits per heavy atom. The maximum Gasteiger partial charge on any atom is 0.350 e. The number of benzene rings is 2. The third kappa shape index (κ3) is 3.42. The Morgan fingerprint density at radius 3 is 1.94 bits per heavy atom. The van der Waals surface area contributed by atoms with E-state index < -0.39 is 54.2 Å². The fraction of sp³-hybridized carbons (Fsp3) is 0.286. The maximum atomic E-state index is 13.5. The molecule has 1 unspecified atom stereocenters. The Hall–Kier alpha value is -3.35. The molecule has 0 aliphatic carbocycles. The van der Waals surface area contributed by atoms with Gasteiger partial charge in [-0.05, 0) is 11.1 Å². The molecule has 0 aromatic heterocycles. The number of hydrogen-bond donors (Lipinski definition) is 5. The monoisotopic (exact) mass is 444 g/mol. The molecule has 2 aromatic carbocycles. The maximum absolute atomic E-state index is 13.5. The Morgan fingerprint density at radius 1 is 0.906 bits per heavy atom. The number of aliphatic hydroxyl groups excluding tert-OH is 3. The quantitative estimate of drug-likeness (QED) is 0.375. The van der Waals surface area contributed by atoms with Crippen LogP contribution in [0.3, 0.4) is 0 Å². The van der Waals surface area contributed by atoms with E-state index in [1.165, 1.54) is 0 Å². The number of hydroxylamine groups is 2. The minimum atomic E-state index is -1.95. The summed E-state index contributed by atoms with van der Waals surface area (Å²) in [5.41, 5.74) is -0.803. The standard InChI is InChI=1S/C21H20N2O9/c24-13-14(25)16(17(27)28)31-18(15(13)26)32-23-19(29)21(22-20(23)30,11-7-3-1-4-8-11)12-9-5-2-6-10-12/h1-10,13-16,18,24-26H,(H,22,30)(H,27,28)/t13-,14-,15+,16-,18?/m0/s1. The number of carboxylic acid groups (broad SMARTS) is 1. The van der Waals surface area contributed by atoms with Crippen molar-refractivity contribution in [2.75, 3.05) is 0 Å². The molecule has 2 heterocycles. The summed E-state index contributed by atoms with van der Waals surface area (Å²) in [5, 5.41) is 42.1. The predicted octanol–water partition coefficient (Wildman–Crippen LogP) is -0.694. The zero-order chi connectivity index (χ0) is 23.0. The minimum absolute atomic E-state index is 0.317. The van der Waals surface area contributed by atoms with Crippen molar-refractivity contribution in [1.82, 2.24) is 10.4 Å². The molecule has 2 aliphatic heterocycles. The predicted molar refractivity (Wildman–Crippen MR) is 104 cm³/mol. The van der Waals surface area contributed by atoms with Crippen LogP contribution < -0.4 is 5.32 Å². The van der Waals surface area contributed by atoms with Gasteiger partial charge in [-0.25, -0.2) is 14.4 Å². The zero-order valence-electron chi connectivity index (χ0n) is 16.4. The Kier molecular flexibility index (Phi) is 5.67. The molecule has 11 heteroatoms. The second kappa shape index (κ2) is 8.30. The fourth-order valence-corrected chi connectivity index (χ4v) is 3.78. The van der Waals surface area contributed by atoms with E-state index in [9.17, 15) is 34.8 Å². The van der Waals surface area contributed by atoms with E-state index in [0.29, 0.717) is 16.2 Å². The summed E-state index contributed by atoms with van der Waals surface area (Å²) in [5.74, 6) is -2.50. The molecule has 168 valence electrons. The number of carbonyl (C=O) groups is 3. The molecule has 3 amide bonds. The lowest BCUT2D eigenvalue weighted by atomic mass is 9.83. The van der Waals surface area contributed by atoms with Gasteiger partial charge < -0.3 is 30.5 Å². The van der Waals surface area contributed by atoms with Crippen molar-refractivity contribution in [3.05, 3.63) is 71.8 Å². The number of imide groups is 1. The molecular weight excluding hydrogens is 424 g/mol. The molecule has 4 rings (SSSR count). The van der Waals surface area contributed by atoms with Gasteiger partial charge in [0.2, 0.25) is 6.29 Å². The van der Waals surface area contributed by atoms with Crippen molar-refractivity contribution in [3.63, 3.8) is 0 Å². The van der Waals surface area contributed by atoms with Crippen LogP contribution in [-0.4, -0.2) is 74.1 Å². The highest BCUT2D eigenvalue weighted by molar-refractivity contribution is 6.08. The van der Waals surface area contributed by atoms with E-state index in [1.54, 1.807) is 60.7 Å². The summed E-state index contributed by atoms with van der Waals surface area (Å²) in [6.45, 7) is 0. The lowest BCUT2D eigenvalue weighted by Gasteiger charge is -2.38. The van der Waals surface area contributed by atoms with Crippen molar-refractivity contribution in [2.45, 2.75) is 36.2 Å². The fourth-order valence-electron chi connectivity index (χ4n) is 3.78. The first-order valence-corrected chi connectivity index (χ1v) is 9.64. The van der Waals surface area contributed by atoms with Crippen LogP contribution in [0, 0.1) is 0 Å². The minimum Gasteiger partial charge on any atom is -0.479 e. The highest BCUT2D eigenvalue weighted by atomic mass is 16.8. The van der Waals surface area contributed by atoms with Crippen LogP contribution >= 0.6 is 0 Å². The van der Waals surface area contributed by atoms with Gasteiger partial charge in [0.1, 0.15) is 18.3 Å². The molecule has 2 aliphatic rings.